The number of halogens is 1. The number of nitrogen functional groups attached to an aromatic ring is 1. The molecule has 1 saturated carbocycles. The van der Waals surface area contributed by atoms with Crippen molar-refractivity contribution in [3.8, 4) is 0 Å². The molecule has 110 valence electrons. The van der Waals surface area contributed by atoms with Gasteiger partial charge in [-0.1, -0.05) is 15.9 Å². The second kappa shape index (κ2) is 4.85. The molecule has 1 aromatic heterocycles. The zero-order valence-corrected chi connectivity index (χ0v) is 13.3. The standard InChI is InChI=1S/C16H18BrN3O/c17-10-2-3-14-11(5-10)16(13(18)6-19-14)20-7-9-1-4-15(21)12(9)8-20/h2-3,5-6,9,12,15,21H,1,4,7-8,18H2. The minimum Gasteiger partial charge on any atom is -0.396 e. The Balaban J connectivity index is 1.80. The van der Waals surface area contributed by atoms with Gasteiger partial charge in [-0.3, -0.25) is 4.98 Å². The van der Waals surface area contributed by atoms with E-state index in [1.54, 1.807) is 6.20 Å². The van der Waals surface area contributed by atoms with Gasteiger partial charge in [0.2, 0.25) is 0 Å². The topological polar surface area (TPSA) is 62.4 Å². The number of fused-ring (bicyclic) bond motifs is 2. The van der Waals surface area contributed by atoms with Crippen LogP contribution in [0.25, 0.3) is 10.9 Å². The van der Waals surface area contributed by atoms with Gasteiger partial charge in [-0.25, -0.2) is 0 Å². The van der Waals surface area contributed by atoms with Crippen LogP contribution in [0.15, 0.2) is 28.9 Å². The molecule has 2 aliphatic rings. The van der Waals surface area contributed by atoms with Crippen molar-refractivity contribution in [3.63, 3.8) is 0 Å². The van der Waals surface area contributed by atoms with Gasteiger partial charge in [-0.05, 0) is 37.0 Å². The molecule has 4 nitrogen and oxygen atoms in total. The maximum atomic E-state index is 10.1. The first kappa shape index (κ1) is 13.3. The Bertz CT molecular complexity index is 700. The fraction of sp³-hybridized carbons (Fsp3) is 0.438. The molecule has 3 N–H and O–H groups in total. The zero-order chi connectivity index (χ0) is 14.6. The van der Waals surface area contributed by atoms with Crippen LogP contribution in [0.4, 0.5) is 11.4 Å². The highest BCUT2D eigenvalue weighted by Gasteiger charge is 2.42. The van der Waals surface area contributed by atoms with E-state index in [9.17, 15) is 5.11 Å². The molecule has 3 atom stereocenters. The molecule has 2 fully saturated rings. The van der Waals surface area contributed by atoms with E-state index in [1.807, 2.05) is 12.1 Å². The summed E-state index contributed by atoms with van der Waals surface area (Å²) in [5.41, 5.74) is 8.97. The van der Waals surface area contributed by atoms with E-state index in [-0.39, 0.29) is 6.10 Å². The van der Waals surface area contributed by atoms with Crippen LogP contribution in [-0.4, -0.2) is 29.3 Å². The fourth-order valence-corrected chi connectivity index (χ4v) is 4.30. The van der Waals surface area contributed by atoms with Crippen molar-refractivity contribution in [1.82, 2.24) is 4.98 Å². The number of rotatable bonds is 1. The molecule has 1 aliphatic carbocycles. The van der Waals surface area contributed by atoms with Crippen LogP contribution in [0.1, 0.15) is 12.8 Å². The molecular weight excluding hydrogens is 330 g/mol. The quantitative estimate of drug-likeness (QED) is 0.832. The zero-order valence-electron chi connectivity index (χ0n) is 11.7. The van der Waals surface area contributed by atoms with Crippen molar-refractivity contribution in [3.05, 3.63) is 28.9 Å². The van der Waals surface area contributed by atoms with Crippen molar-refractivity contribution in [2.45, 2.75) is 18.9 Å². The van der Waals surface area contributed by atoms with Gasteiger partial charge < -0.3 is 15.7 Å². The predicted octanol–water partition coefficient (Wildman–Crippen LogP) is 2.79. The molecule has 1 aromatic carbocycles. The molecule has 4 rings (SSSR count). The Morgan fingerprint density at radius 3 is 2.95 bits per heavy atom. The van der Waals surface area contributed by atoms with Crippen molar-refractivity contribution in [1.29, 1.82) is 0 Å². The van der Waals surface area contributed by atoms with E-state index < -0.39 is 0 Å². The highest BCUT2D eigenvalue weighted by molar-refractivity contribution is 9.10. The number of aliphatic hydroxyl groups excluding tert-OH is 1. The average molecular weight is 348 g/mol. The lowest BCUT2D eigenvalue weighted by molar-refractivity contribution is 0.133. The van der Waals surface area contributed by atoms with Crippen LogP contribution in [0, 0.1) is 11.8 Å². The molecular formula is C16H18BrN3O. The summed E-state index contributed by atoms with van der Waals surface area (Å²) >= 11 is 3.53. The molecule has 0 spiro atoms. The molecule has 2 heterocycles. The normalized spacial score (nSPS) is 28.3. The second-order valence-corrected chi connectivity index (χ2v) is 7.11. The van der Waals surface area contributed by atoms with Crippen LogP contribution < -0.4 is 10.6 Å². The first-order valence-corrected chi connectivity index (χ1v) is 8.19. The smallest absolute Gasteiger partial charge is 0.0745 e. The van der Waals surface area contributed by atoms with Crippen LogP contribution in [0.2, 0.25) is 0 Å². The first-order chi connectivity index (χ1) is 10.1. The summed E-state index contributed by atoms with van der Waals surface area (Å²) in [5, 5.41) is 11.2. The van der Waals surface area contributed by atoms with Crippen molar-refractivity contribution in [2.24, 2.45) is 11.8 Å². The van der Waals surface area contributed by atoms with E-state index in [0.29, 0.717) is 11.8 Å². The van der Waals surface area contributed by atoms with Crippen LogP contribution in [-0.2, 0) is 0 Å². The van der Waals surface area contributed by atoms with E-state index >= 15 is 0 Å². The Hall–Kier alpha value is -1.33. The minimum absolute atomic E-state index is 0.152. The number of pyridine rings is 1. The minimum atomic E-state index is -0.152. The van der Waals surface area contributed by atoms with Gasteiger partial charge in [-0.2, -0.15) is 0 Å². The van der Waals surface area contributed by atoms with E-state index in [2.05, 4.69) is 31.9 Å². The summed E-state index contributed by atoms with van der Waals surface area (Å²) in [6, 6.07) is 6.09. The second-order valence-electron chi connectivity index (χ2n) is 6.20. The van der Waals surface area contributed by atoms with Gasteiger partial charge in [0.15, 0.2) is 0 Å². The number of benzene rings is 1. The SMILES string of the molecule is Nc1cnc2ccc(Br)cc2c1N1CC2CCC(O)C2C1. The van der Waals surface area contributed by atoms with Gasteiger partial charge in [-0.15, -0.1) is 0 Å². The molecule has 1 aliphatic heterocycles. The van der Waals surface area contributed by atoms with E-state index in [4.69, 9.17) is 5.73 Å². The Morgan fingerprint density at radius 1 is 1.29 bits per heavy atom. The van der Waals surface area contributed by atoms with Gasteiger partial charge in [0.25, 0.3) is 0 Å². The Morgan fingerprint density at radius 2 is 2.14 bits per heavy atom. The maximum absolute atomic E-state index is 10.1. The molecule has 0 radical (unpaired) electrons. The molecule has 1 saturated heterocycles. The summed E-state index contributed by atoms with van der Waals surface area (Å²) < 4.78 is 1.03. The highest BCUT2D eigenvalue weighted by Crippen LogP contribution is 2.43. The summed E-state index contributed by atoms with van der Waals surface area (Å²) in [6.45, 7) is 1.87. The Kier molecular flexibility index (Phi) is 3.08. The number of anilines is 2. The first-order valence-electron chi connectivity index (χ1n) is 7.40. The fourth-order valence-electron chi connectivity index (χ4n) is 3.94. The van der Waals surface area contributed by atoms with Gasteiger partial charge in [0, 0.05) is 28.9 Å². The number of hydrogen-bond acceptors (Lipinski definition) is 4. The van der Waals surface area contributed by atoms with E-state index in [0.717, 1.165) is 52.7 Å². The lowest BCUT2D eigenvalue weighted by Gasteiger charge is -2.24. The number of hydrogen-bond donors (Lipinski definition) is 2. The lowest BCUT2D eigenvalue weighted by atomic mass is 10.00. The number of aliphatic hydroxyl groups is 1. The van der Waals surface area contributed by atoms with Crippen molar-refractivity contribution in [2.75, 3.05) is 23.7 Å². The molecule has 2 aromatic rings. The highest BCUT2D eigenvalue weighted by atomic mass is 79.9. The Labute approximate surface area is 132 Å². The molecule has 3 unspecified atom stereocenters. The summed E-state index contributed by atoms with van der Waals surface area (Å²) in [7, 11) is 0. The number of nitrogens with two attached hydrogens (primary N) is 1. The average Bonchev–Trinajstić information content (AvgIpc) is 3.01. The van der Waals surface area contributed by atoms with Gasteiger partial charge in [0.1, 0.15) is 0 Å². The van der Waals surface area contributed by atoms with Crippen molar-refractivity contribution >= 4 is 38.2 Å². The van der Waals surface area contributed by atoms with Crippen LogP contribution in [0.5, 0.6) is 0 Å². The van der Waals surface area contributed by atoms with Gasteiger partial charge >= 0.3 is 0 Å². The number of aromatic nitrogens is 1. The van der Waals surface area contributed by atoms with Crippen molar-refractivity contribution < 1.29 is 5.11 Å². The third-order valence-electron chi connectivity index (χ3n) is 4.97. The van der Waals surface area contributed by atoms with Crippen LogP contribution in [0.3, 0.4) is 0 Å². The van der Waals surface area contributed by atoms with E-state index in [1.165, 1.54) is 0 Å². The van der Waals surface area contributed by atoms with Gasteiger partial charge in [0.05, 0.1) is 29.2 Å². The monoisotopic (exact) mass is 347 g/mol. The molecule has 21 heavy (non-hydrogen) atoms. The molecule has 5 heteroatoms. The maximum Gasteiger partial charge on any atom is 0.0745 e. The lowest BCUT2D eigenvalue weighted by Crippen LogP contribution is -2.25. The van der Waals surface area contributed by atoms with Crippen LogP contribution >= 0.6 is 15.9 Å². The molecule has 0 bridgehead atoms. The molecule has 0 amide bonds. The summed E-state index contributed by atoms with van der Waals surface area (Å²) in [5.74, 6) is 0.981. The number of nitrogens with zero attached hydrogens (tertiary/aromatic N) is 2. The largest absolute Gasteiger partial charge is 0.396 e. The third kappa shape index (κ3) is 2.10. The summed E-state index contributed by atoms with van der Waals surface area (Å²) in [6.07, 6.45) is 3.66. The third-order valence-corrected chi connectivity index (χ3v) is 5.46. The summed E-state index contributed by atoms with van der Waals surface area (Å²) in [4.78, 5) is 6.76. The predicted molar refractivity (Wildman–Crippen MR) is 88.3 cm³/mol.